The second-order valence-electron chi connectivity index (χ2n) is 6.66. The third kappa shape index (κ3) is 4.37. The van der Waals surface area contributed by atoms with E-state index in [1.165, 1.54) is 0 Å². The Labute approximate surface area is 163 Å². The van der Waals surface area contributed by atoms with Gasteiger partial charge in [0.2, 0.25) is 0 Å². The first-order valence-electron chi connectivity index (χ1n) is 9.05. The number of ketones is 1. The predicted molar refractivity (Wildman–Crippen MR) is 104 cm³/mol. The van der Waals surface area contributed by atoms with Gasteiger partial charge in [0.1, 0.15) is 5.69 Å². The van der Waals surface area contributed by atoms with Crippen LogP contribution < -0.4 is 10.6 Å². The molecule has 1 aromatic heterocycles. The van der Waals surface area contributed by atoms with Gasteiger partial charge in [0, 0.05) is 37.8 Å². The molecule has 1 fully saturated rings. The number of amides is 1. The summed E-state index contributed by atoms with van der Waals surface area (Å²) >= 11 is 0. The molecule has 1 saturated heterocycles. The number of hydrogen-bond acceptors (Lipinski definition) is 5. The van der Waals surface area contributed by atoms with E-state index in [1.54, 1.807) is 10.7 Å². The molecule has 2 aliphatic heterocycles. The number of Topliss-reactive ketones (excluding diaryl/α,β-unsaturated/α-hetero) is 1. The molecule has 0 saturated carbocycles. The topological polar surface area (TPSA) is 85.2 Å². The summed E-state index contributed by atoms with van der Waals surface area (Å²) < 4.78 is 7.38. The van der Waals surface area contributed by atoms with Gasteiger partial charge >= 0.3 is 0 Å². The van der Waals surface area contributed by atoms with Crippen LogP contribution in [-0.4, -0.2) is 41.2 Å². The number of hydrogen-bond donors (Lipinski definition) is 2. The average molecular weight is 391 g/mol. The number of aryl methyl sites for hydroxylation is 1. The van der Waals surface area contributed by atoms with Crippen molar-refractivity contribution in [3.63, 3.8) is 0 Å². The lowest BCUT2D eigenvalue weighted by Gasteiger charge is -2.24. The number of fused-ring (bicyclic) bond motifs is 1. The number of morpholine rings is 1. The van der Waals surface area contributed by atoms with Gasteiger partial charge in [-0.05, 0) is 30.5 Å². The summed E-state index contributed by atoms with van der Waals surface area (Å²) in [4.78, 5) is 24.6. The quantitative estimate of drug-likeness (QED) is 0.841. The van der Waals surface area contributed by atoms with Crippen LogP contribution in [0.5, 0.6) is 0 Å². The fraction of sp³-hybridized carbons (Fsp3) is 0.421. The zero-order chi connectivity index (χ0) is 17.9. The third-order valence-corrected chi connectivity index (χ3v) is 4.79. The third-order valence-electron chi connectivity index (χ3n) is 4.79. The molecule has 2 aromatic rings. The standard InChI is InChI=1S/C19H22N4O3.ClH/c24-17-3-1-2-9-23-16(17)11-15(22-23)19(25)21-14-6-4-13(5-7-14)18-12-20-8-10-26-18;/h4-7,11,18,20H,1-3,8-10,12H2,(H,21,25);1H. The fourth-order valence-corrected chi connectivity index (χ4v) is 3.35. The first-order valence-corrected chi connectivity index (χ1v) is 9.05. The minimum absolute atomic E-state index is 0. The minimum Gasteiger partial charge on any atom is -0.371 e. The molecule has 0 aliphatic carbocycles. The Morgan fingerprint density at radius 1 is 1.26 bits per heavy atom. The highest BCUT2D eigenvalue weighted by Gasteiger charge is 2.21. The normalized spacial score (nSPS) is 19.6. The molecule has 1 amide bonds. The monoisotopic (exact) mass is 390 g/mol. The van der Waals surface area contributed by atoms with Crippen LogP contribution >= 0.6 is 12.4 Å². The zero-order valence-electron chi connectivity index (χ0n) is 14.9. The number of benzene rings is 1. The van der Waals surface area contributed by atoms with Crippen LogP contribution in [0, 0.1) is 0 Å². The molecular weight excluding hydrogens is 368 g/mol. The lowest BCUT2D eigenvalue weighted by Crippen LogP contribution is -2.33. The fourth-order valence-electron chi connectivity index (χ4n) is 3.35. The lowest BCUT2D eigenvalue weighted by molar-refractivity contribution is 0.0277. The van der Waals surface area contributed by atoms with Gasteiger partial charge in [-0.1, -0.05) is 12.1 Å². The number of rotatable bonds is 3. The van der Waals surface area contributed by atoms with Crippen LogP contribution in [0.1, 0.15) is 51.9 Å². The Morgan fingerprint density at radius 3 is 2.81 bits per heavy atom. The van der Waals surface area contributed by atoms with Crippen LogP contribution in [0.3, 0.4) is 0 Å². The highest BCUT2D eigenvalue weighted by atomic mass is 35.5. The largest absolute Gasteiger partial charge is 0.371 e. The molecule has 2 aliphatic rings. The van der Waals surface area contributed by atoms with Gasteiger partial charge in [-0.3, -0.25) is 14.3 Å². The Balaban J connectivity index is 0.00000210. The average Bonchev–Trinajstić information content (AvgIpc) is 3.03. The molecule has 0 radical (unpaired) electrons. The summed E-state index contributed by atoms with van der Waals surface area (Å²) in [5.74, 6) is -0.249. The van der Waals surface area contributed by atoms with Crippen LogP contribution in [-0.2, 0) is 11.3 Å². The van der Waals surface area contributed by atoms with Gasteiger partial charge in [-0.25, -0.2) is 0 Å². The molecular formula is C19H23ClN4O3. The van der Waals surface area contributed by atoms with Gasteiger partial charge in [0.15, 0.2) is 11.5 Å². The highest BCUT2D eigenvalue weighted by Crippen LogP contribution is 2.21. The second-order valence-corrected chi connectivity index (χ2v) is 6.66. The highest BCUT2D eigenvalue weighted by molar-refractivity contribution is 6.05. The number of halogens is 1. The second kappa shape index (κ2) is 8.65. The van der Waals surface area contributed by atoms with E-state index in [-0.39, 0.29) is 35.9 Å². The molecule has 3 heterocycles. The summed E-state index contributed by atoms with van der Waals surface area (Å²) in [5.41, 5.74) is 2.58. The van der Waals surface area contributed by atoms with Gasteiger partial charge in [0.05, 0.1) is 12.7 Å². The van der Waals surface area contributed by atoms with Crippen molar-refractivity contribution in [3.05, 3.63) is 47.3 Å². The lowest BCUT2D eigenvalue weighted by atomic mass is 10.1. The maximum Gasteiger partial charge on any atom is 0.276 e. The van der Waals surface area contributed by atoms with E-state index >= 15 is 0 Å². The molecule has 0 spiro atoms. The van der Waals surface area contributed by atoms with Crippen molar-refractivity contribution < 1.29 is 14.3 Å². The number of anilines is 1. The summed E-state index contributed by atoms with van der Waals surface area (Å²) in [6.07, 6.45) is 2.34. The first-order chi connectivity index (χ1) is 12.7. The Hall–Kier alpha value is -2.22. The van der Waals surface area contributed by atoms with Gasteiger partial charge in [-0.15, -0.1) is 12.4 Å². The first kappa shape index (κ1) is 19.5. The van der Waals surface area contributed by atoms with E-state index in [4.69, 9.17) is 4.74 Å². The van der Waals surface area contributed by atoms with Crippen molar-refractivity contribution in [2.75, 3.05) is 25.0 Å². The van der Waals surface area contributed by atoms with E-state index in [0.29, 0.717) is 31.0 Å². The van der Waals surface area contributed by atoms with Crippen LogP contribution in [0.4, 0.5) is 5.69 Å². The van der Waals surface area contributed by atoms with Crippen molar-refractivity contribution in [1.29, 1.82) is 0 Å². The van der Waals surface area contributed by atoms with Crippen molar-refractivity contribution in [3.8, 4) is 0 Å². The maximum absolute atomic E-state index is 12.5. The number of carbonyl (C=O) groups excluding carboxylic acids is 2. The van der Waals surface area contributed by atoms with Crippen LogP contribution in [0.2, 0.25) is 0 Å². The van der Waals surface area contributed by atoms with E-state index in [1.807, 2.05) is 24.3 Å². The molecule has 4 rings (SSSR count). The number of aromatic nitrogens is 2. The van der Waals surface area contributed by atoms with Crippen molar-refractivity contribution in [2.24, 2.45) is 0 Å². The molecule has 8 heteroatoms. The molecule has 7 nitrogen and oxygen atoms in total. The molecule has 2 N–H and O–H groups in total. The summed E-state index contributed by atoms with van der Waals surface area (Å²) in [6.45, 7) is 3.05. The van der Waals surface area contributed by atoms with Gasteiger partial charge in [-0.2, -0.15) is 5.10 Å². The number of carbonyl (C=O) groups is 2. The Bertz CT molecular complexity index is 813. The number of ether oxygens (including phenoxy) is 1. The minimum atomic E-state index is -0.304. The van der Waals surface area contributed by atoms with Gasteiger partial charge in [0.25, 0.3) is 5.91 Å². The van der Waals surface area contributed by atoms with Crippen molar-refractivity contribution in [2.45, 2.75) is 31.9 Å². The smallest absolute Gasteiger partial charge is 0.276 e. The maximum atomic E-state index is 12.5. The van der Waals surface area contributed by atoms with Gasteiger partial charge < -0.3 is 15.4 Å². The molecule has 0 bridgehead atoms. The molecule has 1 aromatic carbocycles. The zero-order valence-corrected chi connectivity index (χ0v) is 15.8. The molecule has 1 atom stereocenters. The van der Waals surface area contributed by atoms with Crippen molar-refractivity contribution >= 4 is 29.8 Å². The van der Waals surface area contributed by atoms with E-state index in [0.717, 1.165) is 31.5 Å². The summed E-state index contributed by atoms with van der Waals surface area (Å²) in [7, 11) is 0. The van der Waals surface area contributed by atoms with Crippen molar-refractivity contribution in [1.82, 2.24) is 15.1 Å². The predicted octanol–water partition coefficient (Wildman–Crippen LogP) is 2.58. The van der Waals surface area contributed by atoms with E-state index in [2.05, 4.69) is 15.7 Å². The SMILES string of the molecule is Cl.O=C(Nc1ccc(C2CNCCO2)cc1)c1cc2n(n1)CCCCC2=O. The van der Waals surface area contributed by atoms with E-state index in [9.17, 15) is 9.59 Å². The number of nitrogens with zero attached hydrogens (tertiary/aromatic N) is 2. The Morgan fingerprint density at radius 2 is 2.07 bits per heavy atom. The van der Waals surface area contributed by atoms with E-state index < -0.39 is 0 Å². The summed E-state index contributed by atoms with van der Waals surface area (Å²) in [6, 6.07) is 9.23. The summed E-state index contributed by atoms with van der Waals surface area (Å²) in [5, 5.41) is 10.4. The molecule has 1 unspecified atom stereocenters. The van der Waals surface area contributed by atoms with Crippen LogP contribution in [0.25, 0.3) is 0 Å². The van der Waals surface area contributed by atoms with Crippen LogP contribution in [0.15, 0.2) is 30.3 Å². The Kier molecular flexibility index (Phi) is 6.26. The number of nitrogens with one attached hydrogen (secondary N) is 2. The molecule has 144 valence electrons. The molecule has 27 heavy (non-hydrogen) atoms.